The summed E-state index contributed by atoms with van der Waals surface area (Å²) in [6.07, 6.45) is 2.60. The van der Waals surface area contributed by atoms with E-state index in [1.54, 1.807) is 0 Å². The number of carbonyl (C=O) groups is 1. The summed E-state index contributed by atoms with van der Waals surface area (Å²) in [6.45, 7) is 5.48. The van der Waals surface area contributed by atoms with Crippen LogP contribution >= 0.6 is 11.5 Å². The average molecular weight is 397 g/mol. The van der Waals surface area contributed by atoms with E-state index < -0.39 is 0 Å². The fraction of sp³-hybridized carbons (Fsp3) is 0.429. The fourth-order valence-electron chi connectivity index (χ4n) is 3.94. The van der Waals surface area contributed by atoms with E-state index in [-0.39, 0.29) is 11.8 Å². The average Bonchev–Trinajstić information content (AvgIpc) is 3.38. The van der Waals surface area contributed by atoms with Crippen molar-refractivity contribution in [2.24, 2.45) is 0 Å². The molecule has 146 valence electrons. The van der Waals surface area contributed by atoms with Gasteiger partial charge in [0.25, 0.3) is 0 Å². The molecule has 0 N–H and O–H groups in total. The Morgan fingerprint density at radius 2 is 2.04 bits per heavy atom. The van der Waals surface area contributed by atoms with Crippen LogP contribution in [0.5, 0.6) is 0 Å². The number of aromatic nitrogens is 3. The van der Waals surface area contributed by atoms with E-state index in [1.807, 2.05) is 48.2 Å². The van der Waals surface area contributed by atoms with Crippen molar-refractivity contribution in [2.75, 3.05) is 13.1 Å². The maximum absolute atomic E-state index is 13.1. The van der Waals surface area contributed by atoms with Gasteiger partial charge in [0, 0.05) is 25.1 Å². The van der Waals surface area contributed by atoms with E-state index in [1.165, 1.54) is 11.5 Å². The predicted molar refractivity (Wildman–Crippen MR) is 108 cm³/mol. The first-order chi connectivity index (χ1) is 13.7. The summed E-state index contributed by atoms with van der Waals surface area (Å²) < 4.78 is 9.55. The minimum absolute atomic E-state index is 0.0635. The summed E-state index contributed by atoms with van der Waals surface area (Å²) in [5.74, 6) is 1.19. The van der Waals surface area contributed by atoms with Gasteiger partial charge in [-0.25, -0.2) is 0 Å². The Bertz CT molecular complexity index is 929. The quantitative estimate of drug-likeness (QED) is 0.639. The van der Waals surface area contributed by atoms with Crippen molar-refractivity contribution in [1.82, 2.24) is 19.6 Å². The number of aryl methyl sites for hydroxylation is 1. The number of hydrogen-bond donors (Lipinski definition) is 0. The number of hydrogen-bond acceptors (Lipinski definition) is 6. The van der Waals surface area contributed by atoms with E-state index >= 15 is 0 Å². The third-order valence-electron chi connectivity index (χ3n) is 5.47. The lowest BCUT2D eigenvalue weighted by molar-refractivity contribution is -0.134. The Kier molecular flexibility index (Phi) is 5.52. The molecule has 6 nitrogen and oxygen atoms in total. The van der Waals surface area contributed by atoms with Crippen molar-refractivity contribution >= 4 is 17.4 Å². The molecular weight excluding hydrogens is 372 g/mol. The Hall–Kier alpha value is -2.54. The summed E-state index contributed by atoms with van der Waals surface area (Å²) >= 11 is 1.35. The highest BCUT2D eigenvalue weighted by Crippen LogP contribution is 2.37. The lowest BCUT2D eigenvalue weighted by Crippen LogP contribution is -2.40. The number of nitrogens with zero attached hydrogens (tertiary/aromatic N) is 4. The van der Waals surface area contributed by atoms with E-state index in [2.05, 4.69) is 21.7 Å². The zero-order chi connectivity index (χ0) is 19.5. The molecule has 1 saturated heterocycles. The van der Waals surface area contributed by atoms with Gasteiger partial charge in [0.2, 0.25) is 5.91 Å². The van der Waals surface area contributed by atoms with Gasteiger partial charge >= 0.3 is 0 Å². The molecule has 1 aliphatic heterocycles. The zero-order valence-electron chi connectivity index (χ0n) is 16.2. The number of rotatable bonds is 5. The molecular formula is C21H24N4O2S. The van der Waals surface area contributed by atoms with Gasteiger partial charge in [0.1, 0.15) is 4.88 Å². The molecule has 0 radical (unpaired) electrons. The van der Waals surface area contributed by atoms with Gasteiger partial charge in [-0.05, 0) is 43.3 Å². The second-order valence-electron chi connectivity index (χ2n) is 7.29. The first-order valence-electron chi connectivity index (χ1n) is 9.77. The Labute approximate surface area is 168 Å². The minimum Gasteiger partial charge on any atom is -0.355 e. The summed E-state index contributed by atoms with van der Waals surface area (Å²) in [4.78, 5) is 16.1. The minimum atomic E-state index is -0.0635. The third-order valence-corrected chi connectivity index (χ3v) is 6.22. The third kappa shape index (κ3) is 3.71. The van der Waals surface area contributed by atoms with E-state index in [0.29, 0.717) is 5.92 Å². The first-order valence-corrected chi connectivity index (χ1v) is 10.5. The van der Waals surface area contributed by atoms with Crippen LogP contribution in [0.15, 0.2) is 40.9 Å². The van der Waals surface area contributed by atoms with Crippen LogP contribution in [0, 0.1) is 6.92 Å². The van der Waals surface area contributed by atoms with Gasteiger partial charge in [-0.3, -0.25) is 4.79 Å². The van der Waals surface area contributed by atoms with Crippen LogP contribution in [0.25, 0.3) is 10.6 Å². The maximum atomic E-state index is 13.1. The van der Waals surface area contributed by atoms with Crippen molar-refractivity contribution in [2.45, 2.75) is 44.9 Å². The Morgan fingerprint density at radius 3 is 2.68 bits per heavy atom. The summed E-state index contributed by atoms with van der Waals surface area (Å²) in [5.41, 5.74) is 2.92. The van der Waals surface area contributed by atoms with E-state index in [9.17, 15) is 4.79 Å². The van der Waals surface area contributed by atoms with Gasteiger partial charge in [-0.1, -0.05) is 46.9 Å². The molecule has 1 amide bonds. The van der Waals surface area contributed by atoms with Crippen LogP contribution in [-0.4, -0.2) is 38.6 Å². The molecule has 1 aliphatic rings. The molecule has 1 fully saturated rings. The summed E-state index contributed by atoms with van der Waals surface area (Å²) in [5, 5.41) is 8.35. The van der Waals surface area contributed by atoms with Crippen molar-refractivity contribution in [3.8, 4) is 10.6 Å². The van der Waals surface area contributed by atoms with Crippen LogP contribution in [-0.2, 0) is 4.79 Å². The molecule has 28 heavy (non-hydrogen) atoms. The fourth-order valence-corrected chi connectivity index (χ4v) is 4.64. The molecule has 2 aromatic heterocycles. The van der Waals surface area contributed by atoms with Crippen molar-refractivity contribution in [1.29, 1.82) is 0 Å². The molecule has 0 saturated carbocycles. The molecule has 0 bridgehead atoms. The highest BCUT2D eigenvalue weighted by Gasteiger charge is 2.31. The number of benzene rings is 1. The number of piperidine rings is 1. The smallest absolute Gasteiger partial charge is 0.230 e. The molecule has 0 spiro atoms. The highest BCUT2D eigenvalue weighted by molar-refractivity contribution is 7.09. The lowest BCUT2D eigenvalue weighted by Gasteiger charge is -2.33. The SMILES string of the molecule is CCC(C(=O)N1CCC(c2nnsc2-c2cc(C)no2)CC1)c1ccccc1. The van der Waals surface area contributed by atoms with E-state index in [4.69, 9.17) is 4.52 Å². The molecule has 3 heterocycles. The molecule has 4 rings (SSSR count). The van der Waals surface area contributed by atoms with Crippen LogP contribution in [0.3, 0.4) is 0 Å². The monoisotopic (exact) mass is 396 g/mol. The molecule has 1 atom stereocenters. The highest BCUT2D eigenvalue weighted by atomic mass is 32.1. The van der Waals surface area contributed by atoms with Crippen LogP contribution in [0.4, 0.5) is 0 Å². The lowest BCUT2D eigenvalue weighted by atomic mass is 9.90. The van der Waals surface area contributed by atoms with Crippen molar-refractivity contribution in [3.05, 3.63) is 53.3 Å². The van der Waals surface area contributed by atoms with Gasteiger partial charge in [-0.2, -0.15) is 0 Å². The topological polar surface area (TPSA) is 72.1 Å². The first kappa shape index (κ1) is 18.8. The number of amides is 1. The second-order valence-corrected chi connectivity index (χ2v) is 8.05. The molecule has 1 unspecified atom stereocenters. The van der Waals surface area contributed by atoms with Gasteiger partial charge < -0.3 is 9.42 Å². The standard InChI is InChI=1S/C21H24N4O2S/c1-3-17(15-7-5-4-6-8-15)21(26)25-11-9-16(10-12-25)19-20(28-24-22-19)18-13-14(2)23-27-18/h4-8,13,16-17H,3,9-12H2,1-2H3. The maximum Gasteiger partial charge on any atom is 0.230 e. The Balaban J connectivity index is 1.44. The van der Waals surface area contributed by atoms with Crippen LogP contribution < -0.4 is 0 Å². The zero-order valence-corrected chi connectivity index (χ0v) is 17.0. The summed E-state index contributed by atoms with van der Waals surface area (Å²) in [6, 6.07) is 12.0. The largest absolute Gasteiger partial charge is 0.355 e. The van der Waals surface area contributed by atoms with Crippen molar-refractivity contribution in [3.63, 3.8) is 0 Å². The summed E-state index contributed by atoms with van der Waals surface area (Å²) in [7, 11) is 0. The normalized spacial score (nSPS) is 16.3. The van der Waals surface area contributed by atoms with Gasteiger partial charge in [-0.15, -0.1) is 5.10 Å². The number of carbonyl (C=O) groups excluding carboxylic acids is 1. The van der Waals surface area contributed by atoms with Crippen LogP contribution in [0.1, 0.15) is 55.0 Å². The second kappa shape index (κ2) is 8.22. The van der Waals surface area contributed by atoms with Gasteiger partial charge in [0.05, 0.1) is 17.3 Å². The molecule has 7 heteroatoms. The molecule has 3 aromatic rings. The van der Waals surface area contributed by atoms with Crippen LogP contribution in [0.2, 0.25) is 0 Å². The van der Waals surface area contributed by atoms with Gasteiger partial charge in [0.15, 0.2) is 5.76 Å². The van der Waals surface area contributed by atoms with Crippen molar-refractivity contribution < 1.29 is 9.32 Å². The molecule has 0 aliphatic carbocycles. The Morgan fingerprint density at radius 1 is 1.29 bits per heavy atom. The van der Waals surface area contributed by atoms with E-state index in [0.717, 1.165) is 59.9 Å². The number of likely N-dealkylation sites (tertiary alicyclic amines) is 1. The molecule has 1 aromatic carbocycles. The predicted octanol–water partition coefficient (Wildman–Crippen LogP) is 4.40.